The fraction of sp³-hybridized carbons (Fsp3) is 0.467. The zero-order valence-electron chi connectivity index (χ0n) is 11.5. The summed E-state index contributed by atoms with van der Waals surface area (Å²) in [5.74, 6) is 0.578. The maximum atomic E-state index is 4.22. The average Bonchev–Trinajstić information content (AvgIpc) is 2.96. The van der Waals surface area contributed by atoms with Gasteiger partial charge in [-0.3, -0.25) is 4.68 Å². The van der Waals surface area contributed by atoms with Gasteiger partial charge in [-0.25, -0.2) is 0 Å². The molecule has 1 aliphatic carbocycles. The summed E-state index contributed by atoms with van der Waals surface area (Å²) in [4.78, 5) is 0. The topological polar surface area (TPSA) is 42.7 Å². The molecule has 3 rings (SSSR count). The number of aryl methyl sites for hydroxylation is 1. The third-order valence-electron chi connectivity index (χ3n) is 3.89. The Labute approximate surface area is 113 Å². The molecule has 0 saturated carbocycles. The number of benzene rings is 1. The van der Waals surface area contributed by atoms with Crippen LogP contribution in [0.4, 0.5) is 0 Å². The third-order valence-corrected chi connectivity index (χ3v) is 3.89. The van der Waals surface area contributed by atoms with Gasteiger partial charge in [0.15, 0.2) is 0 Å². The van der Waals surface area contributed by atoms with Crippen molar-refractivity contribution in [2.24, 2.45) is 13.0 Å². The number of aromatic nitrogens is 3. The summed E-state index contributed by atoms with van der Waals surface area (Å²) >= 11 is 0. The van der Waals surface area contributed by atoms with Gasteiger partial charge in [0.25, 0.3) is 0 Å². The van der Waals surface area contributed by atoms with E-state index in [9.17, 15) is 0 Å². The maximum Gasteiger partial charge on any atom is 0.0830 e. The van der Waals surface area contributed by atoms with E-state index in [0.29, 0.717) is 12.0 Å². The van der Waals surface area contributed by atoms with Crippen LogP contribution in [0.1, 0.15) is 29.8 Å². The van der Waals surface area contributed by atoms with E-state index in [1.807, 2.05) is 13.2 Å². The summed E-state index contributed by atoms with van der Waals surface area (Å²) in [6.45, 7) is 3.16. The SMILES string of the molecule is CCNC1c2ccccc2CC1Cc1cn(C)nn1. The van der Waals surface area contributed by atoms with Gasteiger partial charge in [0, 0.05) is 19.3 Å². The predicted molar refractivity (Wildman–Crippen MR) is 74.8 cm³/mol. The average molecular weight is 256 g/mol. The third kappa shape index (κ3) is 2.40. The first-order chi connectivity index (χ1) is 9.28. The van der Waals surface area contributed by atoms with Crippen molar-refractivity contribution >= 4 is 0 Å². The van der Waals surface area contributed by atoms with Crippen molar-refractivity contribution in [1.29, 1.82) is 0 Å². The Bertz CT molecular complexity index is 561. The molecule has 0 spiro atoms. The van der Waals surface area contributed by atoms with Crippen molar-refractivity contribution in [2.45, 2.75) is 25.8 Å². The number of nitrogens with one attached hydrogen (secondary N) is 1. The highest BCUT2D eigenvalue weighted by Gasteiger charge is 2.31. The van der Waals surface area contributed by atoms with E-state index in [2.05, 4.69) is 46.8 Å². The van der Waals surface area contributed by atoms with E-state index in [4.69, 9.17) is 0 Å². The van der Waals surface area contributed by atoms with Crippen LogP contribution < -0.4 is 5.32 Å². The molecule has 1 aromatic heterocycles. The van der Waals surface area contributed by atoms with E-state index in [-0.39, 0.29) is 0 Å². The van der Waals surface area contributed by atoms with Crippen molar-refractivity contribution in [1.82, 2.24) is 20.3 Å². The van der Waals surface area contributed by atoms with Crippen molar-refractivity contribution in [2.75, 3.05) is 6.54 Å². The van der Waals surface area contributed by atoms with Crippen LogP contribution in [0.3, 0.4) is 0 Å². The number of nitrogens with zero attached hydrogens (tertiary/aromatic N) is 3. The molecule has 0 fully saturated rings. The Morgan fingerprint density at radius 3 is 2.95 bits per heavy atom. The lowest BCUT2D eigenvalue weighted by Crippen LogP contribution is -2.26. The van der Waals surface area contributed by atoms with Crippen LogP contribution in [0.2, 0.25) is 0 Å². The molecule has 1 heterocycles. The van der Waals surface area contributed by atoms with Gasteiger partial charge in [-0.2, -0.15) is 0 Å². The van der Waals surface area contributed by atoms with Crippen molar-refractivity contribution in [3.05, 3.63) is 47.3 Å². The largest absolute Gasteiger partial charge is 0.310 e. The molecule has 4 nitrogen and oxygen atoms in total. The summed E-state index contributed by atoms with van der Waals surface area (Å²) in [6, 6.07) is 9.21. The van der Waals surface area contributed by atoms with Gasteiger partial charge in [0.2, 0.25) is 0 Å². The molecule has 2 unspecified atom stereocenters. The predicted octanol–water partition coefficient (Wildman–Crippen LogP) is 1.88. The van der Waals surface area contributed by atoms with Crippen LogP contribution in [-0.4, -0.2) is 21.5 Å². The molecule has 1 N–H and O–H groups in total. The van der Waals surface area contributed by atoms with Gasteiger partial charge in [0.05, 0.1) is 5.69 Å². The fourth-order valence-electron chi connectivity index (χ4n) is 3.12. The van der Waals surface area contributed by atoms with Crippen LogP contribution in [0.15, 0.2) is 30.5 Å². The molecule has 2 aromatic rings. The molecule has 0 saturated heterocycles. The van der Waals surface area contributed by atoms with Crippen LogP contribution in [0.5, 0.6) is 0 Å². The van der Waals surface area contributed by atoms with Gasteiger partial charge in [-0.05, 0) is 36.4 Å². The molecular weight excluding hydrogens is 236 g/mol. The Balaban J connectivity index is 1.82. The zero-order valence-corrected chi connectivity index (χ0v) is 11.5. The number of rotatable bonds is 4. The molecule has 0 amide bonds. The normalized spacial score (nSPS) is 21.6. The number of fused-ring (bicyclic) bond motifs is 1. The monoisotopic (exact) mass is 256 g/mol. The van der Waals surface area contributed by atoms with Crippen LogP contribution >= 0.6 is 0 Å². The van der Waals surface area contributed by atoms with E-state index in [0.717, 1.165) is 25.1 Å². The molecule has 100 valence electrons. The van der Waals surface area contributed by atoms with Gasteiger partial charge < -0.3 is 5.32 Å². The molecule has 0 aliphatic heterocycles. The minimum absolute atomic E-state index is 0.447. The first-order valence-electron chi connectivity index (χ1n) is 6.94. The second-order valence-electron chi connectivity index (χ2n) is 5.29. The minimum atomic E-state index is 0.447. The standard InChI is InChI=1S/C15H20N4/c1-3-16-15-12(9-13-10-19(2)18-17-13)8-11-6-4-5-7-14(11)15/h4-7,10,12,15-16H,3,8-9H2,1-2H3. The summed E-state index contributed by atoms with van der Waals surface area (Å²) < 4.78 is 1.78. The van der Waals surface area contributed by atoms with Crippen molar-refractivity contribution in [3.63, 3.8) is 0 Å². The van der Waals surface area contributed by atoms with E-state index in [1.54, 1.807) is 4.68 Å². The Morgan fingerprint density at radius 2 is 2.21 bits per heavy atom. The minimum Gasteiger partial charge on any atom is -0.310 e. The molecular formula is C15H20N4. The van der Waals surface area contributed by atoms with Crippen LogP contribution in [0.25, 0.3) is 0 Å². The zero-order chi connectivity index (χ0) is 13.2. The fourth-order valence-corrected chi connectivity index (χ4v) is 3.12. The highest BCUT2D eigenvalue weighted by atomic mass is 15.4. The van der Waals surface area contributed by atoms with E-state index in [1.165, 1.54) is 11.1 Å². The lowest BCUT2D eigenvalue weighted by atomic mass is 9.95. The molecule has 0 radical (unpaired) electrons. The van der Waals surface area contributed by atoms with Crippen LogP contribution in [0, 0.1) is 5.92 Å². The summed E-state index contributed by atoms with van der Waals surface area (Å²) in [5, 5.41) is 11.9. The summed E-state index contributed by atoms with van der Waals surface area (Å²) in [7, 11) is 1.92. The molecule has 19 heavy (non-hydrogen) atoms. The lowest BCUT2D eigenvalue weighted by Gasteiger charge is -2.20. The molecule has 0 bridgehead atoms. The summed E-state index contributed by atoms with van der Waals surface area (Å²) in [5.41, 5.74) is 4.02. The quantitative estimate of drug-likeness (QED) is 0.908. The first-order valence-corrected chi connectivity index (χ1v) is 6.94. The van der Waals surface area contributed by atoms with Gasteiger partial charge in [0.1, 0.15) is 0 Å². The van der Waals surface area contributed by atoms with Gasteiger partial charge >= 0.3 is 0 Å². The maximum absolute atomic E-state index is 4.22. The molecule has 4 heteroatoms. The first kappa shape index (κ1) is 12.4. The molecule has 2 atom stereocenters. The summed E-state index contributed by atoms with van der Waals surface area (Å²) in [6.07, 6.45) is 4.14. The lowest BCUT2D eigenvalue weighted by molar-refractivity contribution is 0.391. The molecule has 1 aliphatic rings. The Hall–Kier alpha value is -1.68. The van der Waals surface area contributed by atoms with E-state index < -0.39 is 0 Å². The van der Waals surface area contributed by atoms with Crippen molar-refractivity contribution in [3.8, 4) is 0 Å². The molecule has 1 aromatic carbocycles. The highest BCUT2D eigenvalue weighted by molar-refractivity contribution is 5.36. The second kappa shape index (κ2) is 5.13. The van der Waals surface area contributed by atoms with Gasteiger partial charge in [-0.15, -0.1) is 5.10 Å². The van der Waals surface area contributed by atoms with Crippen molar-refractivity contribution < 1.29 is 0 Å². The number of hydrogen-bond donors (Lipinski definition) is 1. The second-order valence-corrected chi connectivity index (χ2v) is 5.29. The van der Waals surface area contributed by atoms with E-state index >= 15 is 0 Å². The smallest absolute Gasteiger partial charge is 0.0830 e. The Morgan fingerprint density at radius 1 is 1.37 bits per heavy atom. The van der Waals surface area contributed by atoms with Gasteiger partial charge in [-0.1, -0.05) is 36.4 Å². The highest BCUT2D eigenvalue weighted by Crippen LogP contribution is 2.37. The van der Waals surface area contributed by atoms with Crippen LogP contribution in [-0.2, 0) is 19.9 Å². The Kier molecular flexibility index (Phi) is 3.34. The number of hydrogen-bond acceptors (Lipinski definition) is 3.